The number of hydrogen-bond donors (Lipinski definition) is 1. The van der Waals surface area contributed by atoms with Crippen molar-refractivity contribution in [2.24, 2.45) is 5.41 Å². The Kier molecular flexibility index (Phi) is 5.69. The molecule has 1 saturated carbocycles. The van der Waals surface area contributed by atoms with Crippen molar-refractivity contribution in [1.29, 1.82) is 0 Å². The van der Waals surface area contributed by atoms with Gasteiger partial charge < -0.3 is 19.7 Å². The maximum absolute atomic E-state index is 12.7. The molecular weight excluding hydrogens is 332 g/mol. The first-order chi connectivity index (χ1) is 12.6. The Morgan fingerprint density at radius 1 is 1.08 bits per heavy atom. The van der Waals surface area contributed by atoms with Crippen molar-refractivity contribution < 1.29 is 19.1 Å². The molecule has 6 heteroatoms. The first-order valence-corrected chi connectivity index (χ1v) is 9.39. The lowest BCUT2D eigenvalue weighted by atomic mass is 10.0. The molecule has 1 heterocycles. The van der Waals surface area contributed by atoms with E-state index in [4.69, 9.17) is 9.47 Å². The summed E-state index contributed by atoms with van der Waals surface area (Å²) in [7, 11) is 3.21. The molecule has 1 saturated heterocycles. The molecule has 0 unspecified atom stereocenters. The minimum Gasteiger partial charge on any atom is -0.493 e. The van der Waals surface area contributed by atoms with Gasteiger partial charge in [-0.3, -0.25) is 9.59 Å². The van der Waals surface area contributed by atoms with E-state index in [0.717, 1.165) is 31.5 Å². The number of amides is 2. The van der Waals surface area contributed by atoms with Crippen LogP contribution in [0.2, 0.25) is 0 Å². The monoisotopic (exact) mass is 360 g/mol. The fourth-order valence-corrected chi connectivity index (χ4v) is 3.59. The van der Waals surface area contributed by atoms with E-state index in [0.29, 0.717) is 37.3 Å². The summed E-state index contributed by atoms with van der Waals surface area (Å²) in [5.74, 6) is 1.27. The number of benzene rings is 1. The molecule has 0 aromatic heterocycles. The molecule has 142 valence electrons. The Labute approximate surface area is 154 Å². The highest BCUT2D eigenvalue weighted by molar-refractivity contribution is 6.07. The van der Waals surface area contributed by atoms with E-state index in [9.17, 15) is 9.59 Å². The zero-order chi connectivity index (χ0) is 18.6. The van der Waals surface area contributed by atoms with Crippen LogP contribution in [0.25, 0.3) is 0 Å². The second-order valence-electron chi connectivity index (χ2n) is 7.13. The van der Waals surface area contributed by atoms with E-state index in [1.165, 1.54) is 6.42 Å². The van der Waals surface area contributed by atoms with Gasteiger partial charge in [-0.05, 0) is 56.2 Å². The molecule has 2 fully saturated rings. The van der Waals surface area contributed by atoms with E-state index < -0.39 is 5.41 Å². The molecule has 26 heavy (non-hydrogen) atoms. The SMILES string of the molecule is COc1ccc(CCNC(=O)C2(C(=O)N3CCCCC3)CC2)cc1OC. The van der Waals surface area contributed by atoms with Gasteiger partial charge in [0.25, 0.3) is 0 Å². The van der Waals surface area contributed by atoms with Crippen LogP contribution in [-0.4, -0.2) is 50.6 Å². The van der Waals surface area contributed by atoms with Gasteiger partial charge in [0.15, 0.2) is 11.5 Å². The highest BCUT2D eigenvalue weighted by atomic mass is 16.5. The number of likely N-dealkylation sites (tertiary alicyclic amines) is 1. The number of nitrogens with zero attached hydrogens (tertiary/aromatic N) is 1. The summed E-state index contributed by atoms with van der Waals surface area (Å²) in [6.45, 7) is 2.09. The zero-order valence-corrected chi connectivity index (χ0v) is 15.7. The number of nitrogens with one attached hydrogen (secondary N) is 1. The molecule has 1 aliphatic carbocycles. The van der Waals surface area contributed by atoms with Crippen molar-refractivity contribution in [3.8, 4) is 11.5 Å². The standard InChI is InChI=1S/C20H28N2O4/c1-25-16-7-6-15(14-17(16)26-2)8-11-21-18(23)20(9-10-20)19(24)22-12-4-3-5-13-22/h6-7,14H,3-5,8-13H2,1-2H3,(H,21,23). The predicted molar refractivity (Wildman–Crippen MR) is 98.4 cm³/mol. The zero-order valence-electron chi connectivity index (χ0n) is 15.7. The molecule has 6 nitrogen and oxygen atoms in total. The van der Waals surface area contributed by atoms with Gasteiger partial charge in [-0.25, -0.2) is 0 Å². The highest BCUT2D eigenvalue weighted by Crippen LogP contribution is 2.47. The number of rotatable bonds is 7. The largest absolute Gasteiger partial charge is 0.493 e. The molecule has 0 atom stereocenters. The lowest BCUT2D eigenvalue weighted by molar-refractivity contribution is -0.144. The predicted octanol–water partition coefficient (Wildman–Crippen LogP) is 2.16. The third kappa shape index (κ3) is 3.79. The molecule has 2 aliphatic rings. The van der Waals surface area contributed by atoms with E-state index >= 15 is 0 Å². The van der Waals surface area contributed by atoms with E-state index in [-0.39, 0.29) is 11.8 Å². The smallest absolute Gasteiger partial charge is 0.238 e. The summed E-state index contributed by atoms with van der Waals surface area (Å²) < 4.78 is 10.5. The summed E-state index contributed by atoms with van der Waals surface area (Å²) in [6, 6.07) is 5.73. The summed E-state index contributed by atoms with van der Waals surface area (Å²) >= 11 is 0. The molecule has 1 aromatic carbocycles. The van der Waals surface area contributed by atoms with Crippen LogP contribution in [0.4, 0.5) is 0 Å². The van der Waals surface area contributed by atoms with Crippen molar-refractivity contribution in [2.75, 3.05) is 33.9 Å². The molecule has 0 spiro atoms. The summed E-state index contributed by atoms with van der Waals surface area (Å²) in [5.41, 5.74) is 0.254. The molecule has 2 amide bonds. The molecular formula is C20H28N2O4. The molecule has 1 N–H and O–H groups in total. The van der Waals surface area contributed by atoms with Crippen LogP contribution < -0.4 is 14.8 Å². The third-order valence-electron chi connectivity index (χ3n) is 5.38. The number of carbonyl (C=O) groups excluding carboxylic acids is 2. The van der Waals surface area contributed by atoms with Gasteiger partial charge in [-0.2, -0.15) is 0 Å². The summed E-state index contributed by atoms with van der Waals surface area (Å²) in [4.78, 5) is 27.2. The molecule has 0 radical (unpaired) electrons. The quantitative estimate of drug-likeness (QED) is 0.757. The fourth-order valence-electron chi connectivity index (χ4n) is 3.59. The van der Waals surface area contributed by atoms with E-state index in [1.54, 1.807) is 14.2 Å². The number of piperidine rings is 1. The normalized spacial score (nSPS) is 18.2. The number of methoxy groups -OCH3 is 2. The van der Waals surface area contributed by atoms with Crippen molar-refractivity contribution >= 4 is 11.8 Å². The lowest BCUT2D eigenvalue weighted by Gasteiger charge is -2.30. The van der Waals surface area contributed by atoms with Crippen LogP contribution in [0.5, 0.6) is 11.5 Å². The van der Waals surface area contributed by atoms with Crippen molar-refractivity contribution in [1.82, 2.24) is 10.2 Å². The first kappa shape index (κ1) is 18.5. The second-order valence-corrected chi connectivity index (χ2v) is 7.13. The highest BCUT2D eigenvalue weighted by Gasteiger charge is 2.57. The maximum atomic E-state index is 12.7. The maximum Gasteiger partial charge on any atom is 0.238 e. The van der Waals surface area contributed by atoms with Crippen LogP contribution in [0.3, 0.4) is 0 Å². The Morgan fingerprint density at radius 3 is 2.38 bits per heavy atom. The van der Waals surface area contributed by atoms with Gasteiger partial charge in [0.2, 0.25) is 11.8 Å². The Bertz CT molecular complexity index is 664. The summed E-state index contributed by atoms with van der Waals surface area (Å²) in [5, 5.41) is 2.96. The topological polar surface area (TPSA) is 67.9 Å². The third-order valence-corrected chi connectivity index (χ3v) is 5.38. The van der Waals surface area contributed by atoms with E-state index in [2.05, 4.69) is 5.32 Å². The van der Waals surface area contributed by atoms with Crippen LogP contribution in [0.15, 0.2) is 18.2 Å². The van der Waals surface area contributed by atoms with Gasteiger partial charge in [0, 0.05) is 19.6 Å². The average molecular weight is 360 g/mol. The van der Waals surface area contributed by atoms with Gasteiger partial charge in [-0.15, -0.1) is 0 Å². The minimum absolute atomic E-state index is 0.0285. The second kappa shape index (κ2) is 7.98. The minimum atomic E-state index is -0.797. The van der Waals surface area contributed by atoms with Gasteiger partial charge in [0.05, 0.1) is 14.2 Å². The van der Waals surface area contributed by atoms with Gasteiger partial charge >= 0.3 is 0 Å². The average Bonchev–Trinajstić information content (AvgIpc) is 3.50. The Morgan fingerprint density at radius 2 is 1.77 bits per heavy atom. The Balaban J connectivity index is 1.53. The summed E-state index contributed by atoms with van der Waals surface area (Å²) in [6.07, 6.45) is 5.29. The number of hydrogen-bond acceptors (Lipinski definition) is 4. The van der Waals surface area contributed by atoms with Gasteiger partial charge in [-0.1, -0.05) is 6.07 Å². The molecule has 0 bridgehead atoms. The van der Waals surface area contributed by atoms with Crippen LogP contribution >= 0.6 is 0 Å². The molecule has 1 aliphatic heterocycles. The van der Waals surface area contributed by atoms with Crippen LogP contribution in [0, 0.1) is 5.41 Å². The molecule has 3 rings (SSSR count). The first-order valence-electron chi connectivity index (χ1n) is 9.39. The van der Waals surface area contributed by atoms with Crippen LogP contribution in [-0.2, 0) is 16.0 Å². The lowest BCUT2D eigenvalue weighted by Crippen LogP contribution is -2.47. The molecule has 1 aromatic rings. The van der Waals surface area contributed by atoms with Crippen LogP contribution in [0.1, 0.15) is 37.7 Å². The van der Waals surface area contributed by atoms with Gasteiger partial charge in [0.1, 0.15) is 5.41 Å². The Hall–Kier alpha value is -2.24. The fraction of sp³-hybridized carbons (Fsp3) is 0.600. The van der Waals surface area contributed by atoms with Crippen molar-refractivity contribution in [3.05, 3.63) is 23.8 Å². The van der Waals surface area contributed by atoms with Crippen molar-refractivity contribution in [3.63, 3.8) is 0 Å². The van der Waals surface area contributed by atoms with E-state index in [1.807, 2.05) is 23.1 Å². The number of ether oxygens (including phenoxy) is 2. The van der Waals surface area contributed by atoms with Crippen molar-refractivity contribution in [2.45, 2.75) is 38.5 Å². The number of carbonyl (C=O) groups is 2.